The smallest absolute Gasteiger partial charge is 0.276 e. The lowest BCUT2D eigenvalue weighted by Crippen LogP contribution is -2.01. The van der Waals surface area contributed by atoms with Gasteiger partial charge in [-0.25, -0.2) is 4.39 Å². The molecule has 0 fully saturated rings. The van der Waals surface area contributed by atoms with Crippen LogP contribution in [0, 0.1) is 22.9 Å². The number of hydrogen-bond donors (Lipinski definition) is 1. The molecule has 2 rings (SSSR count). The van der Waals surface area contributed by atoms with E-state index in [2.05, 4.69) is 0 Å². The van der Waals surface area contributed by atoms with E-state index in [1.165, 1.54) is 30.3 Å². The Hall–Kier alpha value is -2.47. The highest BCUT2D eigenvalue weighted by Gasteiger charge is 2.15. The Morgan fingerprint density at radius 3 is 2.70 bits per heavy atom. The lowest BCUT2D eigenvalue weighted by molar-refractivity contribution is -0.385. The molecule has 0 aliphatic rings. The summed E-state index contributed by atoms with van der Waals surface area (Å²) in [5.74, 6) is 0.326. The van der Waals surface area contributed by atoms with Crippen molar-refractivity contribution in [2.24, 2.45) is 5.73 Å². The van der Waals surface area contributed by atoms with Crippen LogP contribution in [0.25, 0.3) is 0 Å². The molecule has 0 atom stereocenters. The topological polar surface area (TPSA) is 78.4 Å². The van der Waals surface area contributed by atoms with Crippen LogP contribution in [0.1, 0.15) is 11.1 Å². The largest absolute Gasteiger partial charge is 0.456 e. The Morgan fingerprint density at radius 2 is 2.05 bits per heavy atom. The number of rotatable bonds is 4. The van der Waals surface area contributed by atoms with Crippen LogP contribution in [0.15, 0.2) is 36.4 Å². The summed E-state index contributed by atoms with van der Waals surface area (Å²) in [5.41, 5.74) is 6.41. The van der Waals surface area contributed by atoms with Gasteiger partial charge in [-0.3, -0.25) is 10.1 Å². The average Bonchev–Trinajstić information content (AvgIpc) is 2.42. The first-order valence-corrected chi connectivity index (χ1v) is 5.93. The molecule has 0 aliphatic heterocycles. The summed E-state index contributed by atoms with van der Waals surface area (Å²) >= 11 is 0. The minimum atomic E-state index is -0.475. The molecule has 0 bridgehead atoms. The van der Waals surface area contributed by atoms with Gasteiger partial charge in [0.05, 0.1) is 10.5 Å². The van der Waals surface area contributed by atoms with E-state index < -0.39 is 10.7 Å². The molecule has 0 aromatic heterocycles. The second-order valence-corrected chi connectivity index (χ2v) is 4.22. The first-order valence-electron chi connectivity index (χ1n) is 5.93. The summed E-state index contributed by atoms with van der Waals surface area (Å²) in [6, 6.07) is 8.54. The summed E-state index contributed by atoms with van der Waals surface area (Å²) < 4.78 is 18.7. The van der Waals surface area contributed by atoms with Crippen molar-refractivity contribution >= 4 is 5.69 Å². The number of nitrogens with two attached hydrogens (primary N) is 1. The molecule has 0 radical (unpaired) electrons. The van der Waals surface area contributed by atoms with Gasteiger partial charge in [-0.2, -0.15) is 0 Å². The van der Waals surface area contributed by atoms with Crippen molar-refractivity contribution in [3.63, 3.8) is 0 Å². The molecule has 0 saturated heterocycles. The highest BCUT2D eigenvalue weighted by molar-refractivity contribution is 5.50. The first-order chi connectivity index (χ1) is 9.52. The van der Waals surface area contributed by atoms with Crippen LogP contribution in [-0.4, -0.2) is 4.92 Å². The van der Waals surface area contributed by atoms with Gasteiger partial charge >= 0.3 is 0 Å². The summed E-state index contributed by atoms with van der Waals surface area (Å²) in [6.45, 7) is 1.71. The SMILES string of the molecule is Cc1c(Oc2ccc(F)cc2CN)cccc1[N+](=O)[O-]. The molecule has 0 amide bonds. The first kappa shape index (κ1) is 14.0. The van der Waals surface area contributed by atoms with E-state index in [1.54, 1.807) is 13.0 Å². The van der Waals surface area contributed by atoms with Crippen molar-refractivity contribution < 1.29 is 14.1 Å². The highest BCUT2D eigenvalue weighted by atomic mass is 19.1. The molecular weight excluding hydrogens is 263 g/mol. The fourth-order valence-electron chi connectivity index (χ4n) is 1.84. The Balaban J connectivity index is 2.40. The molecule has 2 N–H and O–H groups in total. The Labute approximate surface area is 114 Å². The van der Waals surface area contributed by atoms with Crippen LogP contribution >= 0.6 is 0 Å². The molecular formula is C14H13FN2O3. The molecule has 0 saturated carbocycles. The highest BCUT2D eigenvalue weighted by Crippen LogP contribution is 2.32. The van der Waals surface area contributed by atoms with Gasteiger partial charge < -0.3 is 10.5 Å². The van der Waals surface area contributed by atoms with Crippen LogP contribution in [0.2, 0.25) is 0 Å². The molecule has 0 heterocycles. The van der Waals surface area contributed by atoms with Crippen LogP contribution in [0.4, 0.5) is 10.1 Å². The summed E-state index contributed by atoms with van der Waals surface area (Å²) in [4.78, 5) is 10.4. The van der Waals surface area contributed by atoms with Crippen molar-refractivity contribution in [1.29, 1.82) is 0 Å². The Bertz CT molecular complexity index is 659. The number of nitro benzene ring substituents is 1. The number of nitro groups is 1. The summed E-state index contributed by atoms with van der Waals surface area (Å²) in [5, 5.41) is 10.9. The van der Waals surface area contributed by atoms with E-state index in [9.17, 15) is 14.5 Å². The second-order valence-electron chi connectivity index (χ2n) is 4.22. The van der Waals surface area contributed by atoms with Crippen molar-refractivity contribution in [2.45, 2.75) is 13.5 Å². The maximum atomic E-state index is 13.1. The molecule has 0 spiro atoms. The quantitative estimate of drug-likeness (QED) is 0.686. The normalized spacial score (nSPS) is 10.3. The van der Waals surface area contributed by atoms with Gasteiger partial charge in [0.1, 0.15) is 17.3 Å². The zero-order chi connectivity index (χ0) is 14.7. The average molecular weight is 276 g/mol. The number of halogens is 1. The van der Waals surface area contributed by atoms with Crippen LogP contribution in [0.3, 0.4) is 0 Å². The van der Waals surface area contributed by atoms with E-state index in [1.807, 2.05) is 0 Å². The summed E-state index contributed by atoms with van der Waals surface area (Å²) in [7, 11) is 0. The predicted molar refractivity (Wildman–Crippen MR) is 72.2 cm³/mol. The number of benzene rings is 2. The van der Waals surface area contributed by atoms with Crippen molar-refractivity contribution in [2.75, 3.05) is 0 Å². The third kappa shape index (κ3) is 2.75. The lowest BCUT2D eigenvalue weighted by atomic mass is 10.1. The lowest BCUT2D eigenvalue weighted by Gasteiger charge is -2.12. The molecule has 0 unspecified atom stereocenters. The maximum absolute atomic E-state index is 13.1. The van der Waals surface area contributed by atoms with E-state index in [-0.39, 0.29) is 12.2 Å². The molecule has 2 aromatic carbocycles. The van der Waals surface area contributed by atoms with Crippen molar-refractivity contribution in [3.8, 4) is 11.5 Å². The molecule has 0 aliphatic carbocycles. The van der Waals surface area contributed by atoms with Crippen molar-refractivity contribution in [1.82, 2.24) is 0 Å². The van der Waals surface area contributed by atoms with E-state index in [0.29, 0.717) is 22.6 Å². The van der Waals surface area contributed by atoms with E-state index in [4.69, 9.17) is 10.5 Å². The van der Waals surface area contributed by atoms with Crippen LogP contribution in [-0.2, 0) is 6.54 Å². The van der Waals surface area contributed by atoms with Crippen molar-refractivity contribution in [3.05, 3.63) is 63.5 Å². The Kier molecular flexibility index (Phi) is 3.95. The molecule has 20 heavy (non-hydrogen) atoms. The van der Waals surface area contributed by atoms with Gasteiger partial charge in [0.15, 0.2) is 0 Å². The van der Waals surface area contributed by atoms with Crippen LogP contribution in [0.5, 0.6) is 11.5 Å². The fraction of sp³-hybridized carbons (Fsp3) is 0.143. The third-order valence-electron chi connectivity index (χ3n) is 2.91. The predicted octanol–water partition coefficient (Wildman–Crippen LogP) is 3.29. The number of nitrogens with zero attached hydrogens (tertiary/aromatic N) is 1. The zero-order valence-electron chi connectivity index (χ0n) is 10.8. The summed E-state index contributed by atoms with van der Waals surface area (Å²) in [6.07, 6.45) is 0. The fourth-order valence-corrected chi connectivity index (χ4v) is 1.84. The molecule has 5 nitrogen and oxygen atoms in total. The molecule has 104 valence electrons. The van der Waals surface area contributed by atoms with Gasteiger partial charge in [-0.15, -0.1) is 0 Å². The number of ether oxygens (including phenoxy) is 1. The van der Waals surface area contributed by atoms with Gasteiger partial charge in [0.2, 0.25) is 0 Å². The monoisotopic (exact) mass is 276 g/mol. The number of hydrogen-bond acceptors (Lipinski definition) is 4. The Morgan fingerprint density at radius 1 is 1.30 bits per heavy atom. The van der Waals surface area contributed by atoms with Crippen LogP contribution < -0.4 is 10.5 Å². The van der Waals surface area contributed by atoms with Gasteiger partial charge in [0.25, 0.3) is 5.69 Å². The van der Waals surface area contributed by atoms with Gasteiger partial charge in [-0.1, -0.05) is 6.07 Å². The standard InChI is InChI=1S/C14H13FN2O3/c1-9-12(17(18)19)3-2-4-13(9)20-14-6-5-11(15)7-10(14)8-16/h2-7H,8,16H2,1H3. The van der Waals surface area contributed by atoms with Gasteiger partial charge in [-0.05, 0) is 31.2 Å². The molecule has 6 heteroatoms. The maximum Gasteiger partial charge on any atom is 0.276 e. The minimum absolute atomic E-state index is 0.0288. The zero-order valence-corrected chi connectivity index (χ0v) is 10.8. The second kappa shape index (κ2) is 5.66. The molecule has 2 aromatic rings. The van der Waals surface area contributed by atoms with Gasteiger partial charge in [0, 0.05) is 18.2 Å². The minimum Gasteiger partial charge on any atom is -0.456 e. The van der Waals surface area contributed by atoms with E-state index in [0.717, 1.165) is 0 Å². The third-order valence-corrected chi connectivity index (χ3v) is 2.91. The van der Waals surface area contributed by atoms with E-state index >= 15 is 0 Å².